The Morgan fingerprint density at radius 2 is 1.79 bits per heavy atom. The quantitative estimate of drug-likeness (QED) is 0.742. The molecule has 0 fully saturated rings. The lowest BCUT2D eigenvalue weighted by Crippen LogP contribution is -2.25. The fraction of sp³-hybridized carbons (Fsp3) is 0.533. The smallest absolute Gasteiger partial charge is 0.225 e. The Hall–Kier alpha value is -1.39. The molecule has 0 aliphatic carbocycles. The molecular formula is C15H24N2O2. The van der Waals surface area contributed by atoms with E-state index in [1.165, 1.54) is 5.56 Å². The molecule has 0 atom stereocenters. The van der Waals surface area contributed by atoms with Gasteiger partial charge in [-0.3, -0.25) is 4.79 Å². The van der Waals surface area contributed by atoms with Crippen molar-refractivity contribution in [2.75, 3.05) is 32.1 Å². The zero-order valence-corrected chi connectivity index (χ0v) is 12.3. The highest BCUT2D eigenvalue weighted by Gasteiger charge is 2.07. The monoisotopic (exact) mass is 264 g/mol. The van der Waals surface area contributed by atoms with Gasteiger partial charge in [0.25, 0.3) is 0 Å². The van der Waals surface area contributed by atoms with Crippen LogP contribution >= 0.6 is 0 Å². The maximum atomic E-state index is 11.9. The van der Waals surface area contributed by atoms with Crippen molar-refractivity contribution < 1.29 is 9.53 Å². The Morgan fingerprint density at radius 3 is 2.37 bits per heavy atom. The summed E-state index contributed by atoms with van der Waals surface area (Å²) >= 11 is 0. The molecule has 4 nitrogen and oxygen atoms in total. The van der Waals surface area contributed by atoms with E-state index in [4.69, 9.17) is 4.74 Å². The summed E-state index contributed by atoms with van der Waals surface area (Å²) < 4.78 is 4.92. The first-order valence-corrected chi connectivity index (χ1v) is 6.62. The number of carbonyl (C=O) groups is 1. The van der Waals surface area contributed by atoms with Crippen molar-refractivity contribution in [3.05, 3.63) is 28.8 Å². The number of aryl methyl sites for hydroxylation is 3. The number of amides is 1. The highest BCUT2D eigenvalue weighted by molar-refractivity contribution is 5.92. The molecule has 4 heteroatoms. The van der Waals surface area contributed by atoms with E-state index in [-0.39, 0.29) is 5.91 Å². The molecule has 1 aromatic carbocycles. The average Bonchev–Trinajstić information content (AvgIpc) is 2.33. The van der Waals surface area contributed by atoms with Crippen LogP contribution in [0.2, 0.25) is 0 Å². The molecule has 0 spiro atoms. The summed E-state index contributed by atoms with van der Waals surface area (Å²) in [6, 6.07) is 4.17. The van der Waals surface area contributed by atoms with Crippen LogP contribution in [0.5, 0.6) is 0 Å². The van der Waals surface area contributed by atoms with Gasteiger partial charge < -0.3 is 15.4 Å². The number of nitrogens with one attached hydrogen (secondary N) is 2. The fourth-order valence-corrected chi connectivity index (χ4v) is 2.08. The maximum Gasteiger partial charge on any atom is 0.225 e. The molecule has 19 heavy (non-hydrogen) atoms. The zero-order valence-electron chi connectivity index (χ0n) is 12.3. The number of methoxy groups -OCH3 is 1. The number of anilines is 1. The first-order valence-electron chi connectivity index (χ1n) is 6.62. The van der Waals surface area contributed by atoms with Gasteiger partial charge in [0.05, 0.1) is 6.61 Å². The van der Waals surface area contributed by atoms with E-state index in [1.54, 1.807) is 7.11 Å². The molecule has 0 bridgehead atoms. The number of carbonyl (C=O) groups excluding carboxylic acids is 1. The fourth-order valence-electron chi connectivity index (χ4n) is 2.08. The summed E-state index contributed by atoms with van der Waals surface area (Å²) in [5, 5.41) is 6.14. The van der Waals surface area contributed by atoms with E-state index < -0.39 is 0 Å². The SMILES string of the molecule is COCCNCCC(=O)Nc1c(C)cc(C)cc1C. The van der Waals surface area contributed by atoms with Gasteiger partial charge in [-0.25, -0.2) is 0 Å². The van der Waals surface area contributed by atoms with Crippen molar-refractivity contribution in [3.63, 3.8) is 0 Å². The second kappa shape index (κ2) is 7.92. The maximum absolute atomic E-state index is 11.9. The molecule has 0 saturated carbocycles. The molecule has 106 valence electrons. The Kier molecular flexibility index (Phi) is 6.53. The summed E-state index contributed by atoms with van der Waals surface area (Å²) in [7, 11) is 1.66. The van der Waals surface area contributed by atoms with E-state index >= 15 is 0 Å². The molecule has 0 heterocycles. The molecule has 0 radical (unpaired) electrons. The van der Waals surface area contributed by atoms with Crippen LogP contribution in [0.15, 0.2) is 12.1 Å². The minimum Gasteiger partial charge on any atom is -0.383 e. The van der Waals surface area contributed by atoms with Crippen LogP contribution in [0.4, 0.5) is 5.69 Å². The number of ether oxygens (including phenoxy) is 1. The van der Waals surface area contributed by atoms with Gasteiger partial charge in [0.2, 0.25) is 5.91 Å². The molecular weight excluding hydrogens is 240 g/mol. The van der Waals surface area contributed by atoms with Crippen molar-refractivity contribution in [2.24, 2.45) is 0 Å². The minimum atomic E-state index is 0.0416. The van der Waals surface area contributed by atoms with Crippen LogP contribution in [0, 0.1) is 20.8 Å². The van der Waals surface area contributed by atoms with Crippen LogP contribution in [0.25, 0.3) is 0 Å². The van der Waals surface area contributed by atoms with Crippen molar-refractivity contribution in [2.45, 2.75) is 27.2 Å². The Balaban J connectivity index is 2.44. The molecule has 0 unspecified atom stereocenters. The lowest BCUT2D eigenvalue weighted by Gasteiger charge is -2.13. The number of hydrogen-bond acceptors (Lipinski definition) is 3. The van der Waals surface area contributed by atoms with Gasteiger partial charge >= 0.3 is 0 Å². The van der Waals surface area contributed by atoms with Crippen LogP contribution in [-0.2, 0) is 9.53 Å². The van der Waals surface area contributed by atoms with Gasteiger partial charge in [0.1, 0.15) is 0 Å². The second-order valence-electron chi connectivity index (χ2n) is 4.81. The van der Waals surface area contributed by atoms with Crippen LogP contribution in [0.1, 0.15) is 23.1 Å². The summed E-state index contributed by atoms with van der Waals surface area (Å²) in [4.78, 5) is 11.9. The van der Waals surface area contributed by atoms with Crippen LogP contribution in [0.3, 0.4) is 0 Å². The predicted molar refractivity (Wildman–Crippen MR) is 78.6 cm³/mol. The molecule has 1 aromatic rings. The minimum absolute atomic E-state index is 0.0416. The Morgan fingerprint density at radius 1 is 1.16 bits per heavy atom. The van der Waals surface area contributed by atoms with E-state index in [2.05, 4.69) is 29.7 Å². The number of rotatable bonds is 7. The highest BCUT2D eigenvalue weighted by atomic mass is 16.5. The summed E-state index contributed by atoms with van der Waals surface area (Å²) in [6.45, 7) is 8.20. The zero-order chi connectivity index (χ0) is 14.3. The highest BCUT2D eigenvalue weighted by Crippen LogP contribution is 2.21. The van der Waals surface area contributed by atoms with Crippen molar-refractivity contribution >= 4 is 11.6 Å². The number of hydrogen-bond donors (Lipinski definition) is 2. The first-order chi connectivity index (χ1) is 9.04. The third-order valence-electron chi connectivity index (χ3n) is 2.95. The van der Waals surface area contributed by atoms with Gasteiger partial charge in [-0.1, -0.05) is 17.7 Å². The van der Waals surface area contributed by atoms with Crippen molar-refractivity contribution in [3.8, 4) is 0 Å². The summed E-state index contributed by atoms with van der Waals surface area (Å²) in [6.07, 6.45) is 0.469. The van der Waals surface area contributed by atoms with Crippen LogP contribution < -0.4 is 10.6 Å². The molecule has 1 amide bonds. The van der Waals surface area contributed by atoms with Crippen molar-refractivity contribution in [1.29, 1.82) is 0 Å². The standard InChI is InChI=1S/C15H24N2O2/c1-11-9-12(2)15(13(3)10-11)17-14(18)5-6-16-7-8-19-4/h9-10,16H,5-8H2,1-4H3,(H,17,18). The lowest BCUT2D eigenvalue weighted by atomic mass is 10.1. The Bertz CT molecular complexity index is 407. The summed E-state index contributed by atoms with van der Waals surface area (Å²) in [5.41, 5.74) is 4.37. The van der Waals surface area contributed by atoms with Gasteiger partial charge in [-0.05, 0) is 31.9 Å². The van der Waals surface area contributed by atoms with E-state index in [0.717, 1.165) is 23.4 Å². The van der Waals surface area contributed by atoms with Gasteiger partial charge in [0.15, 0.2) is 0 Å². The van der Waals surface area contributed by atoms with E-state index in [1.807, 2.05) is 13.8 Å². The van der Waals surface area contributed by atoms with Gasteiger partial charge in [-0.2, -0.15) is 0 Å². The topological polar surface area (TPSA) is 50.4 Å². The third-order valence-corrected chi connectivity index (χ3v) is 2.95. The predicted octanol–water partition coefficient (Wildman–Crippen LogP) is 2.18. The summed E-state index contributed by atoms with van der Waals surface area (Å²) in [5.74, 6) is 0.0416. The van der Waals surface area contributed by atoms with Gasteiger partial charge in [-0.15, -0.1) is 0 Å². The number of benzene rings is 1. The Labute approximate surface area is 115 Å². The first kappa shape index (κ1) is 15.7. The largest absolute Gasteiger partial charge is 0.383 e. The molecule has 1 rings (SSSR count). The van der Waals surface area contributed by atoms with E-state index in [0.29, 0.717) is 19.6 Å². The molecule has 0 aliphatic heterocycles. The molecule has 0 aromatic heterocycles. The normalized spacial score (nSPS) is 10.5. The average molecular weight is 264 g/mol. The van der Waals surface area contributed by atoms with Crippen molar-refractivity contribution in [1.82, 2.24) is 5.32 Å². The van der Waals surface area contributed by atoms with E-state index in [9.17, 15) is 4.79 Å². The third kappa shape index (κ3) is 5.41. The van der Waals surface area contributed by atoms with Gasteiger partial charge in [0, 0.05) is 32.3 Å². The molecule has 0 aliphatic rings. The molecule has 0 saturated heterocycles. The lowest BCUT2D eigenvalue weighted by molar-refractivity contribution is -0.116. The molecule has 2 N–H and O–H groups in total. The van der Waals surface area contributed by atoms with Crippen LogP contribution in [-0.4, -0.2) is 32.7 Å². The second-order valence-corrected chi connectivity index (χ2v) is 4.81.